The van der Waals surface area contributed by atoms with Gasteiger partial charge in [0.1, 0.15) is 0 Å². The molecule has 0 radical (unpaired) electrons. The molecule has 0 spiro atoms. The summed E-state index contributed by atoms with van der Waals surface area (Å²) in [5.74, 6) is 0.642. The first-order valence-corrected chi connectivity index (χ1v) is 26.7. The van der Waals surface area contributed by atoms with E-state index in [2.05, 4.69) is 285 Å². The summed E-state index contributed by atoms with van der Waals surface area (Å²) in [5.41, 5.74) is 19.7. The lowest BCUT2D eigenvalue weighted by molar-refractivity contribution is 0.590. The third kappa shape index (κ3) is 8.13. The van der Waals surface area contributed by atoms with Gasteiger partial charge in [-0.2, -0.15) is 0 Å². The summed E-state index contributed by atoms with van der Waals surface area (Å²) in [4.78, 5) is 2.59. The smallest absolute Gasteiger partial charge is 0.0541 e. The van der Waals surface area contributed by atoms with Gasteiger partial charge in [0.25, 0.3) is 0 Å². The third-order valence-corrected chi connectivity index (χ3v) is 15.8. The van der Waals surface area contributed by atoms with Crippen molar-refractivity contribution in [1.29, 1.82) is 0 Å². The summed E-state index contributed by atoms with van der Waals surface area (Å²) < 4.78 is 2.48. The summed E-state index contributed by atoms with van der Waals surface area (Å²) in [7, 11) is 0. The van der Waals surface area contributed by atoms with Gasteiger partial charge in [-0.15, -0.1) is 0 Å². The Morgan fingerprint density at radius 2 is 0.892 bits per heavy atom. The molecule has 0 amide bonds. The van der Waals surface area contributed by atoms with Crippen molar-refractivity contribution in [3.05, 3.63) is 229 Å². The number of aromatic nitrogens is 1. The molecule has 364 valence electrons. The van der Waals surface area contributed by atoms with Crippen molar-refractivity contribution in [2.24, 2.45) is 0 Å². The summed E-state index contributed by atoms with van der Waals surface area (Å²) in [6.07, 6.45) is 0. The first-order chi connectivity index (χ1) is 35.6. The Labute approximate surface area is 437 Å². The van der Waals surface area contributed by atoms with Crippen molar-refractivity contribution in [3.63, 3.8) is 0 Å². The molecule has 0 saturated carbocycles. The number of rotatable bonds is 9. The minimum atomic E-state index is 0.0608. The maximum Gasteiger partial charge on any atom is 0.0541 e. The Bertz CT molecular complexity index is 4020. The van der Waals surface area contributed by atoms with E-state index in [-0.39, 0.29) is 10.8 Å². The van der Waals surface area contributed by atoms with Crippen LogP contribution in [0.1, 0.15) is 103 Å². The predicted octanol–water partition coefficient (Wildman–Crippen LogP) is 21.0. The van der Waals surface area contributed by atoms with Crippen LogP contribution in [0.4, 0.5) is 17.1 Å². The van der Waals surface area contributed by atoms with Crippen LogP contribution in [0.2, 0.25) is 0 Å². The van der Waals surface area contributed by atoms with Gasteiger partial charge in [0.2, 0.25) is 0 Å². The summed E-state index contributed by atoms with van der Waals surface area (Å²) in [6.45, 7) is 23.0. The van der Waals surface area contributed by atoms with Crippen LogP contribution in [0.5, 0.6) is 0 Å². The second-order valence-electron chi connectivity index (χ2n) is 23.4. The third-order valence-electron chi connectivity index (χ3n) is 15.8. The van der Waals surface area contributed by atoms with Crippen molar-refractivity contribution >= 4 is 71.2 Å². The monoisotopic (exact) mass is 959 g/mol. The summed E-state index contributed by atoms with van der Waals surface area (Å²) in [5, 5.41) is 10.0. The van der Waals surface area contributed by atoms with Crippen LogP contribution < -0.4 is 4.90 Å². The largest absolute Gasteiger partial charge is 0.309 e. The quantitative estimate of drug-likeness (QED) is 0.131. The van der Waals surface area contributed by atoms with Crippen LogP contribution in [0.3, 0.4) is 0 Å². The fourth-order valence-electron chi connectivity index (χ4n) is 11.5. The molecule has 1 aromatic heterocycles. The second kappa shape index (κ2) is 17.9. The summed E-state index contributed by atoms with van der Waals surface area (Å²) in [6, 6.07) is 78.7. The Kier molecular flexibility index (Phi) is 11.4. The fourth-order valence-corrected chi connectivity index (χ4v) is 11.5. The molecule has 0 aliphatic rings. The molecule has 11 aromatic carbocycles. The van der Waals surface area contributed by atoms with Crippen LogP contribution in [0.25, 0.3) is 93.2 Å². The predicted molar refractivity (Wildman–Crippen MR) is 321 cm³/mol. The number of nitrogens with zero attached hydrogens (tertiary/aromatic N) is 2. The minimum Gasteiger partial charge on any atom is -0.309 e. The van der Waals surface area contributed by atoms with Crippen molar-refractivity contribution in [1.82, 2.24) is 4.57 Å². The van der Waals surface area contributed by atoms with Crippen LogP contribution >= 0.6 is 0 Å². The molecule has 2 heteroatoms. The van der Waals surface area contributed by atoms with E-state index in [0.29, 0.717) is 11.8 Å². The van der Waals surface area contributed by atoms with Gasteiger partial charge < -0.3 is 9.47 Å². The van der Waals surface area contributed by atoms with Gasteiger partial charge in [-0.3, -0.25) is 0 Å². The molecule has 12 rings (SSSR count). The zero-order valence-corrected chi connectivity index (χ0v) is 44.7. The zero-order valence-electron chi connectivity index (χ0n) is 44.7. The number of para-hydroxylation sites is 2. The highest BCUT2D eigenvalue weighted by atomic mass is 15.1. The Hall–Kier alpha value is -7.94. The van der Waals surface area contributed by atoms with E-state index >= 15 is 0 Å². The molecule has 12 aromatic rings. The fraction of sp³-hybridized carbons (Fsp3) is 0.194. The first-order valence-electron chi connectivity index (χ1n) is 26.7. The van der Waals surface area contributed by atoms with Gasteiger partial charge >= 0.3 is 0 Å². The van der Waals surface area contributed by atoms with Gasteiger partial charge in [-0.1, -0.05) is 221 Å². The molecule has 0 aliphatic heterocycles. The molecular formula is C72H66N2. The normalized spacial score (nSPS) is 12.4. The summed E-state index contributed by atoms with van der Waals surface area (Å²) >= 11 is 0. The van der Waals surface area contributed by atoms with E-state index in [4.69, 9.17) is 0 Å². The molecule has 2 nitrogen and oxygen atoms in total. The van der Waals surface area contributed by atoms with E-state index in [1.165, 1.54) is 115 Å². The lowest BCUT2D eigenvalue weighted by atomic mass is 9.86. The Morgan fingerprint density at radius 3 is 1.50 bits per heavy atom. The SMILES string of the molecule is CC(C)c1cc(-c2ccc(C(C)(C)C)cc2)cc(N(c2ccc(C(C)C)cc2-c2cccc(-c3ccc(C(C)(C)C)cc3)c2)c2ccc3ccc4c(-n5c6ccccc6c6ccccc65)ccc5ccc2c3c54)c1. The topological polar surface area (TPSA) is 8.17 Å². The maximum absolute atomic E-state index is 2.59. The second-order valence-corrected chi connectivity index (χ2v) is 23.4. The number of benzene rings is 11. The van der Waals surface area contributed by atoms with Crippen LogP contribution in [-0.4, -0.2) is 4.57 Å². The minimum absolute atomic E-state index is 0.0608. The average molecular weight is 959 g/mol. The van der Waals surface area contributed by atoms with Crippen LogP contribution in [0.15, 0.2) is 206 Å². The van der Waals surface area contributed by atoms with E-state index in [0.717, 1.165) is 17.1 Å². The van der Waals surface area contributed by atoms with Gasteiger partial charge in [0, 0.05) is 32.8 Å². The number of hydrogen-bond acceptors (Lipinski definition) is 1. The van der Waals surface area contributed by atoms with Crippen molar-refractivity contribution < 1.29 is 0 Å². The van der Waals surface area contributed by atoms with Crippen molar-refractivity contribution in [2.75, 3.05) is 4.90 Å². The van der Waals surface area contributed by atoms with E-state index in [9.17, 15) is 0 Å². The first kappa shape index (κ1) is 47.1. The number of anilines is 3. The van der Waals surface area contributed by atoms with Gasteiger partial charge in [-0.25, -0.2) is 0 Å². The molecule has 0 fully saturated rings. The highest BCUT2D eigenvalue weighted by Crippen LogP contribution is 2.50. The Balaban J connectivity index is 1.13. The van der Waals surface area contributed by atoms with Crippen molar-refractivity contribution in [2.45, 2.75) is 91.9 Å². The van der Waals surface area contributed by atoms with E-state index in [1.807, 2.05) is 0 Å². The molecule has 0 atom stereocenters. The van der Waals surface area contributed by atoms with Gasteiger partial charge in [0.15, 0.2) is 0 Å². The van der Waals surface area contributed by atoms with Gasteiger partial charge in [-0.05, 0) is 149 Å². The molecule has 1 heterocycles. The highest BCUT2D eigenvalue weighted by Gasteiger charge is 2.25. The lowest BCUT2D eigenvalue weighted by Crippen LogP contribution is -2.13. The van der Waals surface area contributed by atoms with Crippen LogP contribution in [-0.2, 0) is 10.8 Å². The van der Waals surface area contributed by atoms with Crippen molar-refractivity contribution in [3.8, 4) is 39.1 Å². The van der Waals surface area contributed by atoms with Crippen LogP contribution in [0, 0.1) is 0 Å². The highest BCUT2D eigenvalue weighted by molar-refractivity contribution is 6.27. The number of fused-ring (bicyclic) bond motifs is 3. The average Bonchev–Trinajstić information content (AvgIpc) is 3.74. The Morgan fingerprint density at radius 1 is 0.365 bits per heavy atom. The molecular weight excluding hydrogens is 893 g/mol. The standard InChI is InChI=1S/C72H66N2/c1-45(2)51-30-39-68(63(44-51)53-17-15-16-52(40-53)47-22-31-56(32-23-47)71(5,6)7)73(58-42-54(46(3)4)41-55(43-58)48-24-33-57(34-25-48)72(8,9)10)66-37-28-49-27-36-62-67(38-29-50-26-35-61(66)69(49)70(50)62)74-64-20-13-11-18-59(64)60-19-12-14-21-65(60)74/h11-46H,1-10H3. The molecule has 74 heavy (non-hydrogen) atoms. The number of hydrogen-bond donors (Lipinski definition) is 0. The molecule has 0 unspecified atom stereocenters. The van der Waals surface area contributed by atoms with E-state index in [1.54, 1.807) is 0 Å². The molecule has 0 N–H and O–H groups in total. The van der Waals surface area contributed by atoms with Gasteiger partial charge in [0.05, 0.1) is 28.1 Å². The zero-order chi connectivity index (χ0) is 51.2. The van der Waals surface area contributed by atoms with E-state index < -0.39 is 0 Å². The maximum atomic E-state index is 2.59. The lowest BCUT2D eigenvalue weighted by Gasteiger charge is -2.31. The molecule has 0 bridgehead atoms. The molecule has 0 saturated heterocycles. The molecule has 0 aliphatic carbocycles.